The second-order valence-electron chi connectivity index (χ2n) is 3.27. The molecule has 0 bridgehead atoms. The van der Waals surface area contributed by atoms with Gasteiger partial charge >= 0.3 is 5.97 Å². The fourth-order valence-electron chi connectivity index (χ4n) is 1.09. The minimum absolute atomic E-state index is 0.182. The van der Waals surface area contributed by atoms with Crippen LogP contribution in [-0.2, 0) is 20.3 Å². The SMILES string of the molecule is COC(=O)CCCNC(C)CS(C)=O. The number of hydrogen-bond acceptors (Lipinski definition) is 4. The van der Waals surface area contributed by atoms with E-state index in [0.29, 0.717) is 12.2 Å². The Labute approximate surface area is 87.9 Å². The summed E-state index contributed by atoms with van der Waals surface area (Å²) >= 11 is 0. The second-order valence-corrected chi connectivity index (χ2v) is 4.75. The minimum Gasteiger partial charge on any atom is -0.469 e. The van der Waals surface area contributed by atoms with Gasteiger partial charge in [0.25, 0.3) is 0 Å². The van der Waals surface area contributed by atoms with Crippen LogP contribution in [0.5, 0.6) is 0 Å². The third-order valence-electron chi connectivity index (χ3n) is 1.76. The first kappa shape index (κ1) is 13.6. The Kier molecular flexibility index (Phi) is 7.70. The van der Waals surface area contributed by atoms with Gasteiger partial charge in [0.15, 0.2) is 0 Å². The lowest BCUT2D eigenvalue weighted by Crippen LogP contribution is -2.31. The van der Waals surface area contributed by atoms with E-state index in [4.69, 9.17) is 0 Å². The monoisotopic (exact) mass is 221 g/mol. The van der Waals surface area contributed by atoms with Gasteiger partial charge in [0.2, 0.25) is 0 Å². The first-order valence-electron chi connectivity index (χ1n) is 4.66. The number of carbonyl (C=O) groups excluding carboxylic acids is 1. The molecule has 0 saturated carbocycles. The predicted octanol–water partition coefficient (Wildman–Crippen LogP) is 0.296. The van der Waals surface area contributed by atoms with Crippen molar-refractivity contribution in [2.24, 2.45) is 0 Å². The average molecular weight is 221 g/mol. The van der Waals surface area contributed by atoms with Gasteiger partial charge in [-0.15, -0.1) is 0 Å². The van der Waals surface area contributed by atoms with E-state index in [2.05, 4.69) is 10.1 Å². The molecule has 0 aliphatic rings. The highest BCUT2D eigenvalue weighted by molar-refractivity contribution is 7.84. The molecule has 2 unspecified atom stereocenters. The normalized spacial score (nSPS) is 14.8. The Balaban J connectivity index is 3.35. The van der Waals surface area contributed by atoms with Crippen LogP contribution < -0.4 is 5.32 Å². The van der Waals surface area contributed by atoms with Crippen molar-refractivity contribution in [1.29, 1.82) is 0 Å². The summed E-state index contributed by atoms with van der Waals surface area (Å²) < 4.78 is 15.3. The van der Waals surface area contributed by atoms with Gasteiger partial charge in [-0.1, -0.05) is 0 Å². The summed E-state index contributed by atoms with van der Waals surface area (Å²) in [5.74, 6) is 0.469. The highest BCUT2D eigenvalue weighted by atomic mass is 32.2. The van der Waals surface area contributed by atoms with Crippen molar-refractivity contribution < 1.29 is 13.7 Å². The van der Waals surface area contributed by atoms with E-state index in [1.807, 2.05) is 6.92 Å². The molecule has 0 aromatic carbocycles. The van der Waals surface area contributed by atoms with Gasteiger partial charge in [-0.05, 0) is 19.9 Å². The van der Waals surface area contributed by atoms with Gasteiger partial charge in [0, 0.05) is 35.3 Å². The minimum atomic E-state index is -0.766. The van der Waals surface area contributed by atoms with Crippen LogP contribution in [0.3, 0.4) is 0 Å². The van der Waals surface area contributed by atoms with Crippen molar-refractivity contribution in [3.63, 3.8) is 0 Å². The number of nitrogens with one attached hydrogen (secondary N) is 1. The number of carbonyl (C=O) groups is 1. The molecule has 0 fully saturated rings. The van der Waals surface area contributed by atoms with Crippen LogP contribution in [-0.4, -0.2) is 41.9 Å². The Bertz CT molecular complexity index is 196. The molecule has 0 aromatic heterocycles. The molecule has 1 N–H and O–H groups in total. The maximum Gasteiger partial charge on any atom is 0.305 e. The molecule has 0 saturated heterocycles. The molecular weight excluding hydrogens is 202 g/mol. The Morgan fingerprint density at radius 1 is 1.57 bits per heavy atom. The summed E-state index contributed by atoms with van der Waals surface area (Å²) in [7, 11) is 0.622. The smallest absolute Gasteiger partial charge is 0.305 e. The maximum atomic E-state index is 10.8. The molecule has 0 amide bonds. The van der Waals surface area contributed by atoms with Gasteiger partial charge in [-0.2, -0.15) is 0 Å². The average Bonchev–Trinajstić information content (AvgIpc) is 2.10. The number of rotatable bonds is 7. The number of hydrogen-bond donors (Lipinski definition) is 1. The predicted molar refractivity (Wildman–Crippen MR) is 57.6 cm³/mol. The van der Waals surface area contributed by atoms with Crippen LogP contribution in [0.4, 0.5) is 0 Å². The molecule has 5 heteroatoms. The van der Waals surface area contributed by atoms with Gasteiger partial charge in [-0.3, -0.25) is 9.00 Å². The molecule has 0 spiro atoms. The van der Waals surface area contributed by atoms with Crippen molar-refractivity contribution in [2.45, 2.75) is 25.8 Å². The summed E-state index contributed by atoms with van der Waals surface area (Å²) in [6.07, 6.45) is 2.88. The molecule has 0 radical (unpaired) electrons. The van der Waals surface area contributed by atoms with Crippen molar-refractivity contribution >= 4 is 16.8 Å². The van der Waals surface area contributed by atoms with Crippen molar-refractivity contribution in [3.8, 4) is 0 Å². The molecule has 14 heavy (non-hydrogen) atoms. The standard InChI is InChI=1S/C9H19NO3S/c1-8(7-14(3)12)10-6-4-5-9(11)13-2/h8,10H,4-7H2,1-3H3. The molecular formula is C9H19NO3S. The fourth-order valence-corrected chi connectivity index (χ4v) is 1.92. The van der Waals surface area contributed by atoms with Crippen LogP contribution >= 0.6 is 0 Å². The van der Waals surface area contributed by atoms with Crippen LogP contribution in [0, 0.1) is 0 Å². The third kappa shape index (κ3) is 8.19. The molecule has 2 atom stereocenters. The molecule has 0 aromatic rings. The van der Waals surface area contributed by atoms with Gasteiger partial charge in [0.1, 0.15) is 0 Å². The van der Waals surface area contributed by atoms with Crippen LogP contribution in [0.2, 0.25) is 0 Å². The molecule has 0 aliphatic carbocycles. The zero-order valence-corrected chi connectivity index (χ0v) is 9.86. The van der Waals surface area contributed by atoms with E-state index in [1.165, 1.54) is 7.11 Å². The van der Waals surface area contributed by atoms with Crippen LogP contribution in [0.15, 0.2) is 0 Å². The lowest BCUT2D eigenvalue weighted by atomic mass is 10.3. The quantitative estimate of drug-likeness (QED) is 0.496. The Morgan fingerprint density at radius 2 is 2.21 bits per heavy atom. The van der Waals surface area contributed by atoms with Crippen LogP contribution in [0.25, 0.3) is 0 Å². The van der Waals surface area contributed by atoms with E-state index >= 15 is 0 Å². The maximum absolute atomic E-state index is 10.8. The fraction of sp³-hybridized carbons (Fsp3) is 0.889. The molecule has 0 heterocycles. The number of esters is 1. The van der Waals surface area contributed by atoms with Crippen LogP contribution in [0.1, 0.15) is 19.8 Å². The number of methoxy groups -OCH3 is 1. The zero-order valence-electron chi connectivity index (χ0n) is 9.04. The van der Waals surface area contributed by atoms with E-state index in [9.17, 15) is 9.00 Å². The van der Waals surface area contributed by atoms with Crippen molar-refractivity contribution in [1.82, 2.24) is 5.32 Å². The third-order valence-corrected chi connectivity index (χ3v) is 2.73. The van der Waals surface area contributed by atoms with E-state index in [-0.39, 0.29) is 12.0 Å². The Hall–Kier alpha value is -0.420. The summed E-state index contributed by atoms with van der Waals surface area (Å²) in [4.78, 5) is 10.7. The summed E-state index contributed by atoms with van der Waals surface area (Å²) in [6.45, 7) is 2.74. The first-order chi connectivity index (χ1) is 6.56. The van der Waals surface area contributed by atoms with E-state index in [0.717, 1.165) is 13.0 Å². The van der Waals surface area contributed by atoms with Crippen molar-refractivity contribution in [2.75, 3.05) is 25.7 Å². The van der Waals surface area contributed by atoms with Crippen molar-refractivity contribution in [3.05, 3.63) is 0 Å². The second kappa shape index (κ2) is 7.94. The highest BCUT2D eigenvalue weighted by Gasteiger charge is 2.04. The summed E-state index contributed by atoms with van der Waals surface area (Å²) in [5.41, 5.74) is 0. The van der Waals surface area contributed by atoms with E-state index in [1.54, 1.807) is 6.26 Å². The molecule has 84 valence electrons. The topological polar surface area (TPSA) is 55.4 Å². The first-order valence-corrected chi connectivity index (χ1v) is 6.39. The van der Waals surface area contributed by atoms with Gasteiger partial charge in [-0.25, -0.2) is 0 Å². The Morgan fingerprint density at radius 3 is 2.71 bits per heavy atom. The summed E-state index contributed by atoms with van der Waals surface area (Å²) in [6, 6.07) is 0.235. The lowest BCUT2D eigenvalue weighted by Gasteiger charge is -2.11. The highest BCUT2D eigenvalue weighted by Crippen LogP contribution is 1.92. The number of ether oxygens (including phenoxy) is 1. The molecule has 0 aliphatic heterocycles. The van der Waals surface area contributed by atoms with Gasteiger partial charge < -0.3 is 10.1 Å². The largest absolute Gasteiger partial charge is 0.469 e. The molecule has 4 nitrogen and oxygen atoms in total. The van der Waals surface area contributed by atoms with Gasteiger partial charge in [0.05, 0.1) is 7.11 Å². The lowest BCUT2D eigenvalue weighted by molar-refractivity contribution is -0.140. The molecule has 0 rings (SSSR count). The summed E-state index contributed by atoms with van der Waals surface area (Å²) in [5, 5.41) is 3.19. The zero-order chi connectivity index (χ0) is 11.0. The van der Waals surface area contributed by atoms with E-state index < -0.39 is 10.8 Å².